The van der Waals surface area contributed by atoms with Crippen LogP contribution in [0, 0.1) is 0 Å². The number of primary sulfonamides is 1. The topological polar surface area (TPSA) is 96.6 Å². The fourth-order valence-corrected chi connectivity index (χ4v) is 3.59. The lowest BCUT2D eigenvalue weighted by Gasteiger charge is -2.10. The average molecular weight is 381 g/mol. The quantitative estimate of drug-likeness (QED) is 0.507. The highest BCUT2D eigenvalue weighted by Crippen LogP contribution is 2.16. The van der Waals surface area contributed by atoms with Crippen molar-refractivity contribution < 1.29 is 8.42 Å². The second kappa shape index (κ2) is 8.98. The lowest BCUT2D eigenvalue weighted by molar-refractivity contribution is 0.598. The van der Waals surface area contributed by atoms with Gasteiger partial charge in [0, 0.05) is 16.3 Å². The average Bonchev–Trinajstić information content (AvgIpc) is 3.05. The molecule has 136 valence electrons. The molecule has 0 saturated carbocycles. The molecule has 0 amide bonds. The van der Waals surface area contributed by atoms with Gasteiger partial charge in [-0.3, -0.25) is 0 Å². The summed E-state index contributed by atoms with van der Waals surface area (Å²) < 4.78 is 22.5. The summed E-state index contributed by atoms with van der Waals surface area (Å²) in [5.74, 6) is 0.726. The Morgan fingerprint density at radius 2 is 1.76 bits per heavy atom. The van der Waals surface area contributed by atoms with Crippen LogP contribution in [-0.2, 0) is 29.5 Å². The van der Waals surface area contributed by atoms with E-state index in [0.29, 0.717) is 6.54 Å². The molecule has 0 spiro atoms. The third-order valence-electron chi connectivity index (χ3n) is 3.51. The SMILES string of the molecule is CCNC(=NCc1ccc(S(N)(=O)=O)cc1)NCc1ccc(CC)s1. The zero-order valence-electron chi connectivity index (χ0n) is 14.5. The van der Waals surface area contributed by atoms with Gasteiger partial charge in [-0.15, -0.1) is 11.3 Å². The van der Waals surface area contributed by atoms with Crippen LogP contribution in [0.25, 0.3) is 0 Å². The van der Waals surface area contributed by atoms with Gasteiger partial charge in [-0.25, -0.2) is 18.5 Å². The lowest BCUT2D eigenvalue weighted by atomic mass is 10.2. The Morgan fingerprint density at radius 1 is 1.08 bits per heavy atom. The van der Waals surface area contributed by atoms with Crippen molar-refractivity contribution in [3.63, 3.8) is 0 Å². The van der Waals surface area contributed by atoms with Gasteiger partial charge in [0.1, 0.15) is 0 Å². The molecule has 0 unspecified atom stereocenters. The number of rotatable bonds is 7. The Kier molecular flexibility index (Phi) is 6.98. The lowest BCUT2D eigenvalue weighted by Crippen LogP contribution is -2.36. The van der Waals surface area contributed by atoms with E-state index < -0.39 is 10.0 Å². The fraction of sp³-hybridized carbons (Fsp3) is 0.353. The summed E-state index contributed by atoms with van der Waals surface area (Å²) in [6.07, 6.45) is 1.05. The molecule has 6 nitrogen and oxygen atoms in total. The van der Waals surface area contributed by atoms with E-state index in [9.17, 15) is 8.42 Å². The Morgan fingerprint density at radius 3 is 2.32 bits per heavy atom. The summed E-state index contributed by atoms with van der Waals surface area (Å²) >= 11 is 1.80. The number of sulfonamides is 1. The second-order valence-corrected chi connectivity index (χ2v) is 8.27. The molecule has 1 heterocycles. The molecule has 25 heavy (non-hydrogen) atoms. The van der Waals surface area contributed by atoms with Crippen LogP contribution in [0.1, 0.15) is 29.2 Å². The zero-order chi connectivity index (χ0) is 18.3. The van der Waals surface area contributed by atoms with Crippen LogP contribution in [0.2, 0.25) is 0 Å². The van der Waals surface area contributed by atoms with Gasteiger partial charge in [0.05, 0.1) is 18.0 Å². The molecule has 0 atom stereocenters. The Hall–Kier alpha value is -1.90. The molecule has 0 bridgehead atoms. The molecule has 0 saturated heterocycles. The molecule has 0 aliphatic rings. The van der Waals surface area contributed by atoms with Gasteiger partial charge in [-0.05, 0) is 43.2 Å². The van der Waals surface area contributed by atoms with Crippen LogP contribution in [0.15, 0.2) is 46.3 Å². The first-order chi connectivity index (χ1) is 11.9. The minimum Gasteiger partial charge on any atom is -0.357 e. The van der Waals surface area contributed by atoms with E-state index in [-0.39, 0.29) is 4.90 Å². The van der Waals surface area contributed by atoms with Crippen molar-refractivity contribution >= 4 is 27.3 Å². The maximum absolute atomic E-state index is 11.3. The van der Waals surface area contributed by atoms with Crippen molar-refractivity contribution in [1.82, 2.24) is 10.6 Å². The number of nitrogens with zero attached hydrogens (tertiary/aromatic N) is 1. The highest BCUT2D eigenvalue weighted by Gasteiger charge is 2.06. The monoisotopic (exact) mass is 380 g/mol. The van der Waals surface area contributed by atoms with E-state index in [0.717, 1.165) is 31.0 Å². The van der Waals surface area contributed by atoms with Gasteiger partial charge < -0.3 is 10.6 Å². The standard InChI is InChI=1S/C17H24N4O2S2/c1-3-14-7-8-15(24-14)12-21-17(19-4-2)20-11-13-5-9-16(10-6-13)25(18,22)23/h5-10H,3-4,11-12H2,1-2H3,(H2,18,22,23)(H2,19,20,21). The van der Waals surface area contributed by atoms with Crippen molar-refractivity contribution in [1.29, 1.82) is 0 Å². The van der Waals surface area contributed by atoms with E-state index in [1.165, 1.54) is 21.9 Å². The number of aryl methyl sites for hydroxylation is 1. The number of thiophene rings is 1. The molecule has 1 aromatic carbocycles. The van der Waals surface area contributed by atoms with Gasteiger partial charge >= 0.3 is 0 Å². The molecule has 0 aliphatic heterocycles. The Bertz CT molecular complexity index is 811. The van der Waals surface area contributed by atoms with Gasteiger partial charge in [-0.1, -0.05) is 19.1 Å². The number of aliphatic imine (C=N–C) groups is 1. The minimum absolute atomic E-state index is 0.106. The van der Waals surface area contributed by atoms with E-state index >= 15 is 0 Å². The van der Waals surface area contributed by atoms with Gasteiger partial charge in [0.25, 0.3) is 0 Å². The minimum atomic E-state index is -3.66. The maximum Gasteiger partial charge on any atom is 0.238 e. The molecular weight excluding hydrogens is 356 g/mol. The van der Waals surface area contributed by atoms with E-state index in [1.54, 1.807) is 23.5 Å². The summed E-state index contributed by atoms with van der Waals surface area (Å²) in [7, 11) is -3.66. The first-order valence-electron chi connectivity index (χ1n) is 8.14. The molecule has 8 heteroatoms. The number of nitrogens with two attached hydrogens (primary N) is 1. The third-order valence-corrected chi connectivity index (χ3v) is 5.67. The molecular formula is C17H24N4O2S2. The molecule has 1 aromatic heterocycles. The first kappa shape index (κ1) is 19.4. The number of hydrogen-bond acceptors (Lipinski definition) is 4. The third kappa shape index (κ3) is 6.15. The molecule has 0 aliphatic carbocycles. The number of guanidine groups is 1. The molecule has 2 rings (SSSR count). The van der Waals surface area contributed by atoms with Crippen molar-refractivity contribution in [2.45, 2.75) is 38.3 Å². The van der Waals surface area contributed by atoms with Crippen molar-refractivity contribution in [3.05, 3.63) is 51.7 Å². The van der Waals surface area contributed by atoms with Crippen molar-refractivity contribution in [2.75, 3.05) is 6.54 Å². The largest absolute Gasteiger partial charge is 0.357 e. The smallest absolute Gasteiger partial charge is 0.238 e. The van der Waals surface area contributed by atoms with E-state index in [4.69, 9.17) is 5.14 Å². The van der Waals surface area contributed by atoms with Gasteiger partial charge in [-0.2, -0.15) is 0 Å². The predicted molar refractivity (Wildman–Crippen MR) is 103 cm³/mol. The Balaban J connectivity index is 1.98. The summed E-state index contributed by atoms with van der Waals surface area (Å²) in [6, 6.07) is 10.7. The highest BCUT2D eigenvalue weighted by atomic mass is 32.2. The molecule has 2 aromatic rings. The predicted octanol–water partition coefficient (Wildman–Crippen LogP) is 2.21. The number of benzene rings is 1. The molecule has 0 fully saturated rings. The number of nitrogens with one attached hydrogen (secondary N) is 2. The van der Waals surface area contributed by atoms with Gasteiger partial charge in [0.2, 0.25) is 10.0 Å². The van der Waals surface area contributed by atoms with E-state index in [1.807, 2.05) is 6.92 Å². The van der Waals surface area contributed by atoms with Crippen molar-refractivity contribution in [2.24, 2.45) is 10.1 Å². The van der Waals surface area contributed by atoms with E-state index in [2.05, 4.69) is 34.7 Å². The van der Waals surface area contributed by atoms with Crippen molar-refractivity contribution in [3.8, 4) is 0 Å². The van der Waals surface area contributed by atoms with Crippen LogP contribution < -0.4 is 15.8 Å². The normalized spacial score (nSPS) is 12.2. The fourth-order valence-electron chi connectivity index (χ4n) is 2.17. The maximum atomic E-state index is 11.3. The molecule has 4 N–H and O–H groups in total. The van der Waals surface area contributed by atoms with Crippen LogP contribution in [-0.4, -0.2) is 20.9 Å². The zero-order valence-corrected chi connectivity index (χ0v) is 16.1. The highest BCUT2D eigenvalue weighted by molar-refractivity contribution is 7.89. The Labute approximate surface area is 153 Å². The van der Waals surface area contributed by atoms with Crippen LogP contribution in [0.3, 0.4) is 0 Å². The summed E-state index contributed by atoms with van der Waals surface area (Å²) in [4.78, 5) is 7.28. The van der Waals surface area contributed by atoms with Crippen LogP contribution in [0.4, 0.5) is 0 Å². The summed E-state index contributed by atoms with van der Waals surface area (Å²) in [5, 5.41) is 11.6. The van der Waals surface area contributed by atoms with Crippen LogP contribution in [0.5, 0.6) is 0 Å². The molecule has 0 radical (unpaired) electrons. The number of hydrogen-bond donors (Lipinski definition) is 3. The van der Waals surface area contributed by atoms with Gasteiger partial charge in [0.15, 0.2) is 5.96 Å². The summed E-state index contributed by atoms with van der Waals surface area (Å²) in [6.45, 7) is 6.10. The van der Waals surface area contributed by atoms with Crippen LogP contribution >= 0.6 is 11.3 Å². The summed E-state index contributed by atoms with van der Waals surface area (Å²) in [5.41, 5.74) is 0.911. The first-order valence-corrected chi connectivity index (χ1v) is 10.5. The second-order valence-electron chi connectivity index (χ2n) is 5.46.